The zero-order valence-electron chi connectivity index (χ0n) is 26.0. The molecule has 6 aromatic carbocycles. The van der Waals surface area contributed by atoms with Gasteiger partial charge in [0, 0.05) is 48.8 Å². The molecule has 10 rings (SSSR count). The number of thiophene rings is 1. The van der Waals surface area contributed by atoms with Crippen LogP contribution in [0.15, 0.2) is 158 Å². The van der Waals surface area contributed by atoms with Crippen molar-refractivity contribution in [3.63, 3.8) is 0 Å². The predicted octanol–water partition coefficient (Wildman–Crippen LogP) is 11.8. The van der Waals surface area contributed by atoms with E-state index in [1.54, 1.807) is 0 Å². The van der Waals surface area contributed by atoms with Gasteiger partial charge in [-0.2, -0.15) is 0 Å². The number of anilines is 2. The summed E-state index contributed by atoms with van der Waals surface area (Å²) in [4.78, 5) is 14.2. The molecule has 3 nitrogen and oxygen atoms in total. The lowest BCUT2D eigenvalue weighted by molar-refractivity contribution is 0.681. The minimum absolute atomic E-state index is 0.216. The van der Waals surface area contributed by atoms with Gasteiger partial charge in [0.15, 0.2) is 5.82 Å². The molecular formula is C44H29N3S. The number of hydrogen-bond acceptors (Lipinski definition) is 4. The fourth-order valence-electron chi connectivity index (χ4n) is 7.58. The summed E-state index contributed by atoms with van der Waals surface area (Å²) in [5, 5.41) is 2.40. The Bertz CT molecular complexity index is 2510. The molecule has 0 saturated heterocycles. The Kier molecular flexibility index (Phi) is 6.18. The van der Waals surface area contributed by atoms with Crippen molar-refractivity contribution in [1.82, 2.24) is 9.97 Å². The number of hydrogen-bond donors (Lipinski definition) is 0. The molecule has 0 saturated carbocycles. The highest BCUT2D eigenvalue weighted by molar-refractivity contribution is 7.19. The zero-order valence-corrected chi connectivity index (χ0v) is 26.8. The normalized spacial score (nSPS) is 16.2. The summed E-state index contributed by atoms with van der Waals surface area (Å²) in [6.07, 6.45) is 4.76. The second-order valence-electron chi connectivity index (χ2n) is 12.5. The molecule has 2 atom stereocenters. The van der Waals surface area contributed by atoms with Crippen LogP contribution in [0.4, 0.5) is 11.4 Å². The smallest absolute Gasteiger partial charge is 0.160 e. The van der Waals surface area contributed by atoms with E-state index in [9.17, 15) is 0 Å². The monoisotopic (exact) mass is 631 g/mol. The first-order valence-corrected chi connectivity index (χ1v) is 17.2. The molecule has 1 aliphatic heterocycles. The van der Waals surface area contributed by atoms with Crippen LogP contribution in [0.2, 0.25) is 0 Å². The van der Waals surface area contributed by atoms with E-state index in [0.717, 1.165) is 33.5 Å². The summed E-state index contributed by atoms with van der Waals surface area (Å²) in [7, 11) is 0. The largest absolute Gasteiger partial charge is 0.332 e. The fraction of sp³-hybridized carbons (Fsp3) is 0.0455. The maximum absolute atomic E-state index is 5.19. The van der Waals surface area contributed by atoms with Crippen LogP contribution < -0.4 is 4.90 Å². The van der Waals surface area contributed by atoms with Crippen molar-refractivity contribution in [1.29, 1.82) is 0 Å². The average molecular weight is 632 g/mol. The van der Waals surface area contributed by atoms with E-state index in [0.29, 0.717) is 5.92 Å². The molecule has 2 unspecified atom stereocenters. The van der Waals surface area contributed by atoms with Crippen molar-refractivity contribution in [3.8, 4) is 33.8 Å². The summed E-state index contributed by atoms with van der Waals surface area (Å²) >= 11 is 1.93. The third-order valence-electron chi connectivity index (χ3n) is 9.85. The van der Waals surface area contributed by atoms with E-state index in [-0.39, 0.29) is 6.04 Å². The summed E-state index contributed by atoms with van der Waals surface area (Å²) < 4.78 is 1.35. The minimum Gasteiger partial charge on any atom is -0.332 e. The average Bonchev–Trinajstić information content (AvgIpc) is 3.71. The summed E-state index contributed by atoms with van der Waals surface area (Å²) in [5.41, 5.74) is 11.6. The molecule has 0 fully saturated rings. The first-order valence-electron chi connectivity index (χ1n) is 16.4. The maximum atomic E-state index is 5.19. The molecule has 0 amide bonds. The fourth-order valence-corrected chi connectivity index (χ4v) is 8.91. The van der Waals surface area contributed by atoms with Crippen molar-refractivity contribution in [3.05, 3.63) is 174 Å². The highest BCUT2D eigenvalue weighted by Gasteiger charge is 2.42. The lowest BCUT2D eigenvalue weighted by Crippen LogP contribution is -2.22. The Morgan fingerprint density at radius 1 is 0.542 bits per heavy atom. The molecule has 8 aromatic rings. The van der Waals surface area contributed by atoms with Crippen LogP contribution in [0.5, 0.6) is 0 Å². The number of fused-ring (bicyclic) bond motifs is 8. The van der Waals surface area contributed by atoms with E-state index in [2.05, 4.69) is 157 Å². The molecule has 48 heavy (non-hydrogen) atoms. The van der Waals surface area contributed by atoms with Gasteiger partial charge in [-0.3, -0.25) is 0 Å². The van der Waals surface area contributed by atoms with Crippen LogP contribution in [-0.4, -0.2) is 9.97 Å². The molecule has 0 bridgehead atoms. The van der Waals surface area contributed by atoms with Crippen LogP contribution in [0, 0.1) is 0 Å². The minimum atomic E-state index is 0.216. The summed E-state index contributed by atoms with van der Waals surface area (Å²) in [6, 6.07) is 54.2. The van der Waals surface area contributed by atoms with Crippen molar-refractivity contribution >= 4 is 49.8 Å². The molecule has 3 heterocycles. The molecule has 2 aromatic heterocycles. The second kappa shape index (κ2) is 10.9. The van der Waals surface area contributed by atoms with Gasteiger partial charge in [0.1, 0.15) is 0 Å². The van der Waals surface area contributed by atoms with Crippen molar-refractivity contribution in [2.75, 3.05) is 4.90 Å². The standard InChI is InChI=1S/C44H29N3S/c1-2-10-28(11-3-1)29-18-20-30(21-19-29)41-37-14-4-7-15-38(37)45-44(46-41)31-22-24-32(25-23-31)47-39-16-8-5-12-33(39)35-26-27-36-34-13-6-9-17-40(34)48-43(36)42(35)47/h1-27,35,42H. The third-order valence-corrected chi connectivity index (χ3v) is 11.1. The molecule has 1 aliphatic carbocycles. The Morgan fingerprint density at radius 2 is 1.21 bits per heavy atom. The first kappa shape index (κ1) is 27.3. The predicted molar refractivity (Wildman–Crippen MR) is 201 cm³/mol. The summed E-state index contributed by atoms with van der Waals surface area (Å²) in [6.45, 7) is 0. The highest BCUT2D eigenvalue weighted by Crippen LogP contribution is 2.58. The van der Waals surface area contributed by atoms with E-state index in [1.165, 1.54) is 48.6 Å². The van der Waals surface area contributed by atoms with Gasteiger partial charge in [-0.05, 0) is 64.7 Å². The third kappa shape index (κ3) is 4.27. The van der Waals surface area contributed by atoms with Gasteiger partial charge in [0.25, 0.3) is 0 Å². The Balaban J connectivity index is 1.05. The van der Waals surface area contributed by atoms with Crippen LogP contribution in [-0.2, 0) is 0 Å². The lowest BCUT2D eigenvalue weighted by atomic mass is 9.87. The van der Waals surface area contributed by atoms with Gasteiger partial charge in [-0.25, -0.2) is 9.97 Å². The topological polar surface area (TPSA) is 29.0 Å². The number of benzene rings is 6. The molecular weight excluding hydrogens is 603 g/mol. The van der Waals surface area contributed by atoms with Crippen LogP contribution in [0.3, 0.4) is 0 Å². The maximum Gasteiger partial charge on any atom is 0.160 e. The molecule has 226 valence electrons. The molecule has 0 N–H and O–H groups in total. The van der Waals surface area contributed by atoms with Gasteiger partial charge < -0.3 is 4.90 Å². The Labute approximate surface area is 283 Å². The first-order chi connectivity index (χ1) is 23.8. The van der Waals surface area contributed by atoms with Crippen LogP contribution in [0.25, 0.3) is 60.8 Å². The van der Waals surface area contributed by atoms with Crippen molar-refractivity contribution in [2.45, 2.75) is 12.0 Å². The zero-order chi connectivity index (χ0) is 31.6. The Hall–Kier alpha value is -5.84. The molecule has 2 aliphatic rings. The van der Waals surface area contributed by atoms with Gasteiger partial charge in [-0.15, -0.1) is 11.3 Å². The van der Waals surface area contributed by atoms with Crippen LogP contribution >= 0.6 is 11.3 Å². The summed E-state index contributed by atoms with van der Waals surface area (Å²) in [5.74, 6) is 1.04. The van der Waals surface area contributed by atoms with E-state index >= 15 is 0 Å². The lowest BCUT2D eigenvalue weighted by Gasteiger charge is -2.31. The van der Waals surface area contributed by atoms with Crippen LogP contribution in [0.1, 0.15) is 28.0 Å². The van der Waals surface area contributed by atoms with Crippen molar-refractivity contribution < 1.29 is 0 Å². The Morgan fingerprint density at radius 3 is 2.06 bits per heavy atom. The second-order valence-corrected chi connectivity index (χ2v) is 13.6. The number of aromatic nitrogens is 2. The highest BCUT2D eigenvalue weighted by atomic mass is 32.1. The van der Waals surface area contributed by atoms with Gasteiger partial charge in [-0.1, -0.05) is 121 Å². The number of rotatable bonds is 4. The quantitative estimate of drug-likeness (QED) is 0.193. The van der Waals surface area contributed by atoms with Gasteiger partial charge in [0.05, 0.1) is 17.3 Å². The number of nitrogens with zero attached hydrogens (tertiary/aromatic N) is 3. The molecule has 4 heteroatoms. The van der Waals surface area contributed by atoms with E-state index < -0.39 is 0 Å². The molecule has 0 radical (unpaired) electrons. The van der Waals surface area contributed by atoms with E-state index in [4.69, 9.17) is 9.97 Å². The van der Waals surface area contributed by atoms with E-state index in [1.807, 2.05) is 23.5 Å². The SMILES string of the molecule is C1=CC2c3ccccc3N(c3ccc(-c4nc(-c5ccc(-c6ccccc6)cc5)c5ccccc5n4)cc3)C2c2sc3ccccc3c21. The van der Waals surface area contributed by atoms with Gasteiger partial charge >= 0.3 is 0 Å². The molecule has 0 spiro atoms. The number of para-hydroxylation sites is 2. The van der Waals surface area contributed by atoms with Gasteiger partial charge in [0.2, 0.25) is 0 Å². The van der Waals surface area contributed by atoms with Crippen molar-refractivity contribution in [2.24, 2.45) is 0 Å².